The number of aryl methyl sites for hydroxylation is 1. The zero-order valence-electron chi connectivity index (χ0n) is 15.5. The maximum absolute atomic E-state index is 12.0. The van der Waals surface area contributed by atoms with Gasteiger partial charge in [-0.3, -0.25) is 9.69 Å². The van der Waals surface area contributed by atoms with Gasteiger partial charge in [-0.25, -0.2) is 0 Å². The summed E-state index contributed by atoms with van der Waals surface area (Å²) in [6.07, 6.45) is 0.891. The van der Waals surface area contributed by atoms with Gasteiger partial charge in [-0.2, -0.15) is 0 Å². The number of thiophene rings is 1. The maximum atomic E-state index is 12.0. The molecule has 3 heterocycles. The van der Waals surface area contributed by atoms with Crippen LogP contribution in [-0.4, -0.2) is 38.7 Å². The lowest BCUT2D eigenvalue weighted by Gasteiger charge is -2.19. The Balaban J connectivity index is 1.66. The summed E-state index contributed by atoms with van der Waals surface area (Å²) < 4.78 is 2.19. The van der Waals surface area contributed by atoms with Crippen LogP contribution in [0.2, 0.25) is 0 Å². The summed E-state index contributed by atoms with van der Waals surface area (Å²) in [4.78, 5) is 17.2. The quantitative estimate of drug-likeness (QED) is 0.889. The van der Waals surface area contributed by atoms with E-state index in [0.717, 1.165) is 44.2 Å². The van der Waals surface area contributed by atoms with Crippen LogP contribution < -0.4 is 5.32 Å². The van der Waals surface area contributed by atoms with Crippen molar-refractivity contribution in [2.75, 3.05) is 13.1 Å². The normalized spacial score (nSPS) is 16.5. The molecule has 7 heteroatoms. The number of rotatable bonds is 5. The van der Waals surface area contributed by atoms with Gasteiger partial charge in [-0.1, -0.05) is 13.8 Å². The molecule has 0 radical (unpaired) electrons. The molecule has 0 aliphatic carbocycles. The Labute approximate surface area is 153 Å². The minimum Gasteiger partial charge on any atom is -0.346 e. The zero-order valence-corrected chi connectivity index (χ0v) is 16.3. The van der Waals surface area contributed by atoms with E-state index in [-0.39, 0.29) is 17.9 Å². The average Bonchev–Trinajstić information content (AvgIpc) is 3.10. The number of nitrogens with one attached hydrogen (secondary N) is 1. The molecule has 0 saturated heterocycles. The number of hydrogen-bond donors (Lipinski definition) is 1. The van der Waals surface area contributed by atoms with Crippen LogP contribution in [0.25, 0.3) is 0 Å². The van der Waals surface area contributed by atoms with Gasteiger partial charge in [-0.15, -0.1) is 21.5 Å². The summed E-state index contributed by atoms with van der Waals surface area (Å²) in [7, 11) is 0. The number of carbonyl (C=O) groups is 1. The Morgan fingerprint density at radius 2 is 2.04 bits per heavy atom. The van der Waals surface area contributed by atoms with Crippen LogP contribution in [0.15, 0.2) is 12.1 Å². The van der Waals surface area contributed by atoms with E-state index in [2.05, 4.69) is 44.0 Å². The van der Waals surface area contributed by atoms with Gasteiger partial charge in [0.05, 0.1) is 6.04 Å². The number of carbonyl (C=O) groups excluding carboxylic acids is 1. The van der Waals surface area contributed by atoms with E-state index in [1.54, 1.807) is 0 Å². The molecule has 3 rings (SSSR count). The van der Waals surface area contributed by atoms with Gasteiger partial charge in [0.15, 0.2) is 5.82 Å². The molecule has 2 aromatic heterocycles. The first-order valence-corrected chi connectivity index (χ1v) is 9.75. The average molecular weight is 362 g/mol. The maximum Gasteiger partial charge on any atom is 0.223 e. The molecule has 0 fully saturated rings. The topological polar surface area (TPSA) is 63.1 Å². The first kappa shape index (κ1) is 18.1. The van der Waals surface area contributed by atoms with Crippen molar-refractivity contribution >= 4 is 17.2 Å². The summed E-state index contributed by atoms with van der Waals surface area (Å²) in [6.45, 7) is 11.7. The lowest BCUT2D eigenvalue weighted by molar-refractivity contribution is -0.124. The lowest BCUT2D eigenvalue weighted by Crippen LogP contribution is -2.32. The summed E-state index contributed by atoms with van der Waals surface area (Å²) in [5.74, 6) is 1.90. The van der Waals surface area contributed by atoms with Crippen molar-refractivity contribution < 1.29 is 4.79 Å². The molecule has 1 amide bonds. The molecule has 2 aromatic rings. The summed E-state index contributed by atoms with van der Waals surface area (Å²) >= 11 is 1.87. The van der Waals surface area contributed by atoms with E-state index in [4.69, 9.17) is 0 Å². The first-order valence-electron chi connectivity index (χ1n) is 8.94. The number of fused-ring (bicyclic) bond motifs is 1. The predicted molar refractivity (Wildman–Crippen MR) is 99.5 cm³/mol. The minimum atomic E-state index is -0.123. The van der Waals surface area contributed by atoms with Gasteiger partial charge in [-0.05, 0) is 26.0 Å². The first-order chi connectivity index (χ1) is 11.9. The van der Waals surface area contributed by atoms with E-state index in [9.17, 15) is 4.79 Å². The standard InChI is InChI=1S/C18H27N5OS/c1-12(2)18(24)19-14(4)17-21-20-16-7-8-22(9-10-23(16)17)11-15-6-5-13(3)25-15/h5-6,12,14H,7-11H2,1-4H3,(H,19,24)/t14-/m1/s1. The van der Waals surface area contributed by atoms with Crippen molar-refractivity contribution in [3.8, 4) is 0 Å². The van der Waals surface area contributed by atoms with Gasteiger partial charge >= 0.3 is 0 Å². The SMILES string of the molecule is Cc1ccc(CN2CCc3nnc([C@@H](C)NC(=O)C(C)C)n3CC2)s1. The number of amides is 1. The van der Waals surface area contributed by atoms with Crippen molar-refractivity contribution in [3.05, 3.63) is 33.5 Å². The number of hydrogen-bond acceptors (Lipinski definition) is 5. The van der Waals surface area contributed by atoms with Crippen LogP contribution in [0.3, 0.4) is 0 Å². The Kier molecular flexibility index (Phi) is 5.54. The zero-order chi connectivity index (χ0) is 18.0. The van der Waals surface area contributed by atoms with Crippen LogP contribution in [0.1, 0.15) is 48.2 Å². The molecular formula is C18H27N5OS. The molecule has 1 aliphatic rings. The van der Waals surface area contributed by atoms with Gasteiger partial charge < -0.3 is 9.88 Å². The molecule has 136 valence electrons. The molecule has 0 unspecified atom stereocenters. The second kappa shape index (κ2) is 7.66. The molecule has 1 atom stereocenters. The van der Waals surface area contributed by atoms with Crippen molar-refractivity contribution in [3.63, 3.8) is 0 Å². The largest absolute Gasteiger partial charge is 0.346 e. The molecular weight excluding hydrogens is 334 g/mol. The van der Waals surface area contributed by atoms with Crippen molar-refractivity contribution in [1.29, 1.82) is 0 Å². The van der Waals surface area contributed by atoms with Gasteiger partial charge in [0.25, 0.3) is 0 Å². The molecule has 1 aliphatic heterocycles. The molecule has 0 spiro atoms. The summed E-state index contributed by atoms with van der Waals surface area (Å²) in [5, 5.41) is 11.8. The molecule has 0 bridgehead atoms. The van der Waals surface area contributed by atoms with E-state index < -0.39 is 0 Å². The van der Waals surface area contributed by atoms with E-state index in [1.807, 2.05) is 32.1 Å². The monoisotopic (exact) mass is 361 g/mol. The second-order valence-corrected chi connectivity index (χ2v) is 8.42. The van der Waals surface area contributed by atoms with Crippen molar-refractivity contribution in [2.24, 2.45) is 5.92 Å². The molecule has 6 nitrogen and oxygen atoms in total. The Morgan fingerprint density at radius 1 is 1.24 bits per heavy atom. The smallest absolute Gasteiger partial charge is 0.223 e. The molecule has 0 saturated carbocycles. The van der Waals surface area contributed by atoms with E-state index >= 15 is 0 Å². The summed E-state index contributed by atoms with van der Waals surface area (Å²) in [5.41, 5.74) is 0. The third-order valence-corrected chi connectivity index (χ3v) is 5.58. The fourth-order valence-electron chi connectivity index (χ4n) is 3.10. The fraction of sp³-hybridized carbons (Fsp3) is 0.611. The molecule has 1 N–H and O–H groups in total. The minimum absolute atomic E-state index is 0.0290. The second-order valence-electron chi connectivity index (χ2n) is 7.05. The van der Waals surface area contributed by atoms with Crippen LogP contribution >= 0.6 is 11.3 Å². The highest BCUT2D eigenvalue weighted by molar-refractivity contribution is 7.11. The van der Waals surface area contributed by atoms with Crippen LogP contribution in [-0.2, 0) is 24.3 Å². The van der Waals surface area contributed by atoms with Crippen LogP contribution in [0.5, 0.6) is 0 Å². The number of aromatic nitrogens is 3. The van der Waals surface area contributed by atoms with Crippen LogP contribution in [0, 0.1) is 12.8 Å². The Bertz CT molecular complexity index is 736. The predicted octanol–water partition coefficient (Wildman–Crippen LogP) is 2.54. The van der Waals surface area contributed by atoms with E-state index in [1.165, 1.54) is 9.75 Å². The van der Waals surface area contributed by atoms with Crippen molar-refractivity contribution in [1.82, 2.24) is 25.0 Å². The van der Waals surface area contributed by atoms with Gasteiger partial charge in [0.1, 0.15) is 5.82 Å². The highest BCUT2D eigenvalue weighted by Crippen LogP contribution is 2.20. The van der Waals surface area contributed by atoms with Crippen molar-refractivity contribution in [2.45, 2.75) is 53.2 Å². The third kappa shape index (κ3) is 4.27. The van der Waals surface area contributed by atoms with E-state index in [0.29, 0.717) is 0 Å². The number of nitrogens with zero attached hydrogens (tertiary/aromatic N) is 4. The highest BCUT2D eigenvalue weighted by Gasteiger charge is 2.23. The highest BCUT2D eigenvalue weighted by atomic mass is 32.1. The summed E-state index contributed by atoms with van der Waals surface area (Å²) in [6, 6.07) is 4.28. The van der Waals surface area contributed by atoms with Gasteiger partial charge in [0, 0.05) is 48.3 Å². The van der Waals surface area contributed by atoms with Crippen LogP contribution in [0.4, 0.5) is 0 Å². The third-order valence-electron chi connectivity index (χ3n) is 4.59. The Morgan fingerprint density at radius 3 is 2.72 bits per heavy atom. The van der Waals surface area contributed by atoms with Gasteiger partial charge in [0.2, 0.25) is 5.91 Å². The fourth-order valence-corrected chi connectivity index (χ4v) is 4.04. The Hall–Kier alpha value is -1.73. The lowest BCUT2D eigenvalue weighted by atomic mass is 10.2. The molecule has 0 aromatic carbocycles. The molecule has 25 heavy (non-hydrogen) atoms.